The summed E-state index contributed by atoms with van der Waals surface area (Å²) in [4.78, 5) is 0. The Hall–Kier alpha value is -1.42. The van der Waals surface area contributed by atoms with Crippen LogP contribution in [0.15, 0.2) is 24.3 Å². The molecule has 4 heteroatoms. The van der Waals surface area contributed by atoms with Crippen molar-refractivity contribution in [2.45, 2.75) is 37.8 Å². The molecular formula is C12H15N3O. The number of rotatable bonds is 2. The zero-order valence-electron chi connectivity index (χ0n) is 9.13. The molecule has 1 aliphatic carbocycles. The highest BCUT2D eigenvalue weighted by molar-refractivity contribution is 5.73. The minimum atomic E-state index is -0.573. The first-order chi connectivity index (χ1) is 7.77. The summed E-state index contributed by atoms with van der Waals surface area (Å²) in [5, 5.41) is 18.5. The van der Waals surface area contributed by atoms with Gasteiger partial charge in [0.15, 0.2) is 0 Å². The molecule has 0 unspecified atom stereocenters. The van der Waals surface area contributed by atoms with Crippen molar-refractivity contribution in [2.75, 3.05) is 0 Å². The molecule has 0 amide bonds. The second kappa shape index (κ2) is 3.56. The van der Waals surface area contributed by atoms with Crippen molar-refractivity contribution in [3.8, 4) is 0 Å². The molecule has 1 fully saturated rings. The maximum absolute atomic E-state index is 10.3. The van der Waals surface area contributed by atoms with Crippen LogP contribution in [0.5, 0.6) is 0 Å². The minimum Gasteiger partial charge on any atom is -0.388 e. The molecule has 1 saturated carbocycles. The van der Waals surface area contributed by atoms with Gasteiger partial charge < -0.3 is 5.11 Å². The topological polar surface area (TPSA) is 50.9 Å². The Bertz CT molecular complexity index is 500. The summed E-state index contributed by atoms with van der Waals surface area (Å²) in [7, 11) is 0. The van der Waals surface area contributed by atoms with E-state index in [1.807, 2.05) is 28.9 Å². The number of benzene rings is 1. The summed E-state index contributed by atoms with van der Waals surface area (Å²) < 4.78 is 1.82. The van der Waals surface area contributed by atoms with Crippen LogP contribution in [0.2, 0.25) is 0 Å². The molecule has 0 saturated heterocycles. The number of aliphatic hydroxyl groups is 1. The third-order valence-corrected chi connectivity index (χ3v) is 3.40. The van der Waals surface area contributed by atoms with E-state index in [-0.39, 0.29) is 0 Å². The number of nitrogens with zero attached hydrogens (tertiary/aromatic N) is 3. The third kappa shape index (κ3) is 1.59. The van der Waals surface area contributed by atoms with Crippen LogP contribution < -0.4 is 0 Å². The Morgan fingerprint density at radius 1 is 1.25 bits per heavy atom. The zero-order chi connectivity index (χ0) is 11.0. The van der Waals surface area contributed by atoms with Crippen LogP contribution in [0, 0.1) is 0 Å². The summed E-state index contributed by atoms with van der Waals surface area (Å²) in [5.74, 6) is 0. The summed E-state index contributed by atoms with van der Waals surface area (Å²) in [6.45, 7) is 0.563. The van der Waals surface area contributed by atoms with Crippen LogP contribution in [0.1, 0.15) is 25.7 Å². The van der Waals surface area contributed by atoms with Crippen LogP contribution in [-0.4, -0.2) is 25.7 Å². The molecule has 2 aromatic rings. The normalized spacial score (nSPS) is 19.3. The van der Waals surface area contributed by atoms with Gasteiger partial charge >= 0.3 is 0 Å². The monoisotopic (exact) mass is 217 g/mol. The van der Waals surface area contributed by atoms with Gasteiger partial charge in [-0.15, -0.1) is 5.10 Å². The quantitative estimate of drug-likeness (QED) is 0.833. The number of para-hydroxylation sites is 1. The van der Waals surface area contributed by atoms with E-state index < -0.39 is 5.60 Å². The van der Waals surface area contributed by atoms with Gasteiger partial charge in [0.2, 0.25) is 0 Å². The molecule has 1 N–H and O–H groups in total. The second-order valence-electron chi connectivity index (χ2n) is 4.67. The molecule has 16 heavy (non-hydrogen) atoms. The van der Waals surface area contributed by atoms with E-state index in [1.165, 1.54) is 0 Å². The van der Waals surface area contributed by atoms with Gasteiger partial charge in [0.05, 0.1) is 17.7 Å². The van der Waals surface area contributed by atoms with Gasteiger partial charge in [0.25, 0.3) is 0 Å². The maximum atomic E-state index is 10.3. The van der Waals surface area contributed by atoms with Crippen LogP contribution in [0.3, 0.4) is 0 Å². The maximum Gasteiger partial charge on any atom is 0.113 e. The van der Waals surface area contributed by atoms with Gasteiger partial charge in [0, 0.05) is 0 Å². The number of hydrogen-bond donors (Lipinski definition) is 1. The van der Waals surface area contributed by atoms with Crippen molar-refractivity contribution in [3.05, 3.63) is 24.3 Å². The number of hydrogen-bond acceptors (Lipinski definition) is 3. The molecule has 3 rings (SSSR count). The van der Waals surface area contributed by atoms with Gasteiger partial charge in [-0.05, 0) is 25.0 Å². The predicted molar refractivity (Wildman–Crippen MR) is 60.9 cm³/mol. The summed E-state index contributed by atoms with van der Waals surface area (Å²) in [6.07, 6.45) is 3.98. The van der Waals surface area contributed by atoms with Crippen LogP contribution >= 0.6 is 0 Å². The average Bonchev–Trinajstić information content (AvgIpc) is 2.87. The highest BCUT2D eigenvalue weighted by Crippen LogP contribution is 2.31. The average molecular weight is 217 g/mol. The first kappa shape index (κ1) is 9.78. The van der Waals surface area contributed by atoms with Gasteiger partial charge in [-0.3, -0.25) is 0 Å². The summed E-state index contributed by atoms with van der Waals surface area (Å²) >= 11 is 0. The van der Waals surface area contributed by atoms with Crippen molar-refractivity contribution in [2.24, 2.45) is 0 Å². The molecule has 0 atom stereocenters. The Morgan fingerprint density at radius 2 is 2.00 bits per heavy atom. The van der Waals surface area contributed by atoms with Crippen LogP contribution in [0.4, 0.5) is 0 Å². The number of aromatic nitrogens is 3. The SMILES string of the molecule is OC1(Cn2nnc3ccccc32)CCCC1. The second-order valence-corrected chi connectivity index (χ2v) is 4.67. The molecule has 0 aliphatic heterocycles. The first-order valence-electron chi connectivity index (χ1n) is 5.78. The zero-order valence-corrected chi connectivity index (χ0v) is 9.13. The van der Waals surface area contributed by atoms with Gasteiger partial charge in [0.1, 0.15) is 5.52 Å². The fourth-order valence-corrected chi connectivity index (χ4v) is 2.50. The highest BCUT2D eigenvalue weighted by Gasteiger charge is 2.32. The first-order valence-corrected chi connectivity index (χ1v) is 5.78. The molecule has 1 aliphatic rings. The van der Waals surface area contributed by atoms with E-state index in [0.29, 0.717) is 6.54 Å². The fourth-order valence-electron chi connectivity index (χ4n) is 2.50. The van der Waals surface area contributed by atoms with Crippen molar-refractivity contribution >= 4 is 11.0 Å². The Kier molecular flexibility index (Phi) is 2.17. The molecule has 4 nitrogen and oxygen atoms in total. The lowest BCUT2D eigenvalue weighted by molar-refractivity contribution is 0.0272. The fraction of sp³-hybridized carbons (Fsp3) is 0.500. The van der Waals surface area contributed by atoms with Gasteiger partial charge in [-0.1, -0.05) is 30.2 Å². The smallest absolute Gasteiger partial charge is 0.113 e. The van der Waals surface area contributed by atoms with Crippen molar-refractivity contribution in [1.82, 2.24) is 15.0 Å². The lowest BCUT2D eigenvalue weighted by Gasteiger charge is -2.21. The molecule has 0 bridgehead atoms. The van der Waals surface area contributed by atoms with Crippen LogP contribution in [-0.2, 0) is 6.54 Å². The van der Waals surface area contributed by atoms with Gasteiger partial charge in [-0.2, -0.15) is 0 Å². The molecule has 84 valence electrons. The van der Waals surface area contributed by atoms with E-state index in [1.54, 1.807) is 0 Å². The van der Waals surface area contributed by atoms with Gasteiger partial charge in [-0.25, -0.2) is 4.68 Å². The Balaban J connectivity index is 1.94. The molecule has 0 radical (unpaired) electrons. The molecular weight excluding hydrogens is 202 g/mol. The van der Waals surface area contributed by atoms with Crippen LogP contribution in [0.25, 0.3) is 11.0 Å². The van der Waals surface area contributed by atoms with E-state index >= 15 is 0 Å². The van der Waals surface area contributed by atoms with Crippen molar-refractivity contribution in [1.29, 1.82) is 0 Å². The minimum absolute atomic E-state index is 0.563. The third-order valence-electron chi connectivity index (χ3n) is 3.40. The molecule has 1 aromatic carbocycles. The predicted octanol–water partition coefficient (Wildman–Crippen LogP) is 1.74. The van der Waals surface area contributed by atoms with E-state index in [4.69, 9.17) is 0 Å². The van der Waals surface area contributed by atoms with Crippen molar-refractivity contribution < 1.29 is 5.11 Å². The van der Waals surface area contributed by atoms with E-state index in [9.17, 15) is 5.11 Å². The van der Waals surface area contributed by atoms with Crippen molar-refractivity contribution in [3.63, 3.8) is 0 Å². The molecule has 1 aromatic heterocycles. The lowest BCUT2D eigenvalue weighted by Crippen LogP contribution is -2.30. The lowest BCUT2D eigenvalue weighted by atomic mass is 10.0. The summed E-state index contributed by atoms with van der Waals surface area (Å²) in [6, 6.07) is 7.86. The summed E-state index contributed by atoms with van der Waals surface area (Å²) in [5.41, 5.74) is 1.32. The number of fused-ring (bicyclic) bond motifs is 1. The Labute approximate surface area is 93.9 Å². The molecule has 0 spiro atoms. The standard InChI is InChI=1S/C12H15N3O/c16-12(7-3-4-8-12)9-15-11-6-2-1-5-10(11)13-14-15/h1-2,5-6,16H,3-4,7-9H2. The highest BCUT2D eigenvalue weighted by atomic mass is 16.3. The molecule has 1 heterocycles. The largest absolute Gasteiger partial charge is 0.388 e. The Morgan fingerprint density at radius 3 is 2.81 bits per heavy atom. The van der Waals surface area contributed by atoms with E-state index in [0.717, 1.165) is 36.7 Å². The van der Waals surface area contributed by atoms with E-state index in [2.05, 4.69) is 10.3 Å².